The van der Waals surface area contributed by atoms with Crippen LogP contribution in [0.25, 0.3) is 0 Å². The monoisotopic (exact) mass is 377 g/mol. The standard InChI is InChI=1S/C22H23N3O3/c1-22(2)13-18(12-19(26)14-22)24-25-21(28)16-8-10-17(11-9-16)23-20(27)15-6-4-3-5-7-15/h3-11H,12-14H2,1-2H3,(H,23,27)(H,25,28). The van der Waals surface area contributed by atoms with E-state index in [0.717, 1.165) is 0 Å². The van der Waals surface area contributed by atoms with Gasteiger partial charge in [-0.05, 0) is 48.2 Å². The number of ketones is 1. The third-order valence-corrected chi connectivity index (χ3v) is 4.52. The molecule has 0 bridgehead atoms. The van der Waals surface area contributed by atoms with Crippen molar-refractivity contribution in [3.05, 3.63) is 65.7 Å². The predicted octanol–water partition coefficient (Wildman–Crippen LogP) is 3.80. The number of carbonyl (C=O) groups is 3. The normalized spacial score (nSPS) is 17.2. The minimum absolute atomic E-state index is 0.127. The Morgan fingerprint density at radius 3 is 2.18 bits per heavy atom. The van der Waals surface area contributed by atoms with Crippen molar-refractivity contribution in [3.63, 3.8) is 0 Å². The SMILES string of the molecule is CC1(C)CC(=O)CC(=NNC(=O)c2ccc(NC(=O)c3ccccc3)cc2)C1. The second-order valence-corrected chi connectivity index (χ2v) is 7.75. The van der Waals surface area contributed by atoms with Gasteiger partial charge in [-0.3, -0.25) is 14.4 Å². The van der Waals surface area contributed by atoms with E-state index < -0.39 is 0 Å². The minimum Gasteiger partial charge on any atom is -0.322 e. The molecule has 6 nitrogen and oxygen atoms in total. The first-order chi connectivity index (χ1) is 13.3. The number of hydrazone groups is 1. The maximum Gasteiger partial charge on any atom is 0.271 e. The van der Waals surface area contributed by atoms with E-state index in [1.165, 1.54) is 0 Å². The Morgan fingerprint density at radius 2 is 1.54 bits per heavy atom. The third-order valence-electron chi connectivity index (χ3n) is 4.52. The zero-order valence-corrected chi connectivity index (χ0v) is 16.0. The lowest BCUT2D eigenvalue weighted by Crippen LogP contribution is -2.31. The molecule has 0 saturated heterocycles. The number of amides is 2. The van der Waals surface area contributed by atoms with E-state index >= 15 is 0 Å². The van der Waals surface area contributed by atoms with E-state index in [1.807, 2.05) is 19.9 Å². The van der Waals surface area contributed by atoms with Crippen molar-refractivity contribution in [2.75, 3.05) is 5.32 Å². The molecule has 0 unspecified atom stereocenters. The zero-order chi connectivity index (χ0) is 20.1. The highest BCUT2D eigenvalue weighted by Crippen LogP contribution is 2.31. The lowest BCUT2D eigenvalue weighted by molar-refractivity contribution is -0.120. The summed E-state index contributed by atoms with van der Waals surface area (Å²) in [5.74, 6) is -0.430. The fraction of sp³-hybridized carbons (Fsp3) is 0.273. The number of benzene rings is 2. The maximum atomic E-state index is 12.3. The van der Waals surface area contributed by atoms with Gasteiger partial charge in [0, 0.05) is 35.4 Å². The molecule has 0 radical (unpaired) electrons. The minimum atomic E-state index is -0.357. The fourth-order valence-electron chi connectivity index (χ4n) is 3.27. The van der Waals surface area contributed by atoms with E-state index in [-0.39, 0.29) is 29.4 Å². The molecule has 0 aromatic heterocycles. The van der Waals surface area contributed by atoms with Crippen LogP contribution >= 0.6 is 0 Å². The van der Waals surface area contributed by atoms with Crippen LogP contribution in [0, 0.1) is 5.41 Å². The Morgan fingerprint density at radius 1 is 0.893 bits per heavy atom. The largest absolute Gasteiger partial charge is 0.322 e. The summed E-state index contributed by atoms with van der Waals surface area (Å²) in [6.07, 6.45) is 1.51. The second kappa shape index (κ2) is 8.17. The average Bonchev–Trinajstić information content (AvgIpc) is 2.66. The highest BCUT2D eigenvalue weighted by molar-refractivity contribution is 6.06. The summed E-state index contributed by atoms with van der Waals surface area (Å²) in [5, 5.41) is 6.93. The van der Waals surface area contributed by atoms with Crippen LogP contribution in [0.5, 0.6) is 0 Å². The van der Waals surface area contributed by atoms with Gasteiger partial charge in [0.1, 0.15) is 5.78 Å². The zero-order valence-electron chi connectivity index (χ0n) is 16.0. The highest BCUT2D eigenvalue weighted by Gasteiger charge is 2.30. The van der Waals surface area contributed by atoms with Crippen LogP contribution in [0.2, 0.25) is 0 Å². The lowest BCUT2D eigenvalue weighted by Gasteiger charge is -2.28. The fourth-order valence-corrected chi connectivity index (χ4v) is 3.27. The van der Waals surface area contributed by atoms with Crippen LogP contribution < -0.4 is 10.7 Å². The highest BCUT2D eigenvalue weighted by atomic mass is 16.2. The van der Waals surface area contributed by atoms with Crippen molar-refractivity contribution in [1.82, 2.24) is 5.43 Å². The smallest absolute Gasteiger partial charge is 0.271 e. The molecule has 0 heterocycles. The van der Waals surface area contributed by atoms with E-state index in [2.05, 4.69) is 15.8 Å². The number of nitrogens with one attached hydrogen (secondary N) is 2. The average molecular weight is 377 g/mol. The molecule has 1 fully saturated rings. The molecule has 2 aromatic rings. The van der Waals surface area contributed by atoms with Crippen molar-refractivity contribution in [3.8, 4) is 0 Å². The number of hydrogen-bond donors (Lipinski definition) is 2. The first kappa shape index (κ1) is 19.5. The molecule has 1 saturated carbocycles. The van der Waals surface area contributed by atoms with Crippen LogP contribution in [0.4, 0.5) is 5.69 Å². The Hall–Kier alpha value is -3.28. The number of nitrogens with zero attached hydrogens (tertiary/aromatic N) is 1. The Kier molecular flexibility index (Phi) is 5.68. The summed E-state index contributed by atoms with van der Waals surface area (Å²) in [7, 11) is 0. The summed E-state index contributed by atoms with van der Waals surface area (Å²) in [6, 6.07) is 15.5. The van der Waals surface area contributed by atoms with Gasteiger partial charge in [-0.15, -0.1) is 0 Å². The second-order valence-electron chi connectivity index (χ2n) is 7.75. The molecule has 0 atom stereocenters. The summed E-state index contributed by atoms with van der Waals surface area (Å²) in [4.78, 5) is 36.3. The van der Waals surface area contributed by atoms with Gasteiger partial charge in [0.25, 0.3) is 11.8 Å². The first-order valence-corrected chi connectivity index (χ1v) is 9.16. The molecular weight excluding hydrogens is 354 g/mol. The van der Waals surface area contributed by atoms with Crippen LogP contribution in [-0.4, -0.2) is 23.3 Å². The summed E-state index contributed by atoms with van der Waals surface area (Å²) < 4.78 is 0. The van der Waals surface area contributed by atoms with Gasteiger partial charge in [-0.1, -0.05) is 32.0 Å². The first-order valence-electron chi connectivity index (χ1n) is 9.16. The number of hydrogen-bond acceptors (Lipinski definition) is 4. The summed E-state index contributed by atoms with van der Waals surface area (Å²) in [5.41, 5.74) is 4.66. The van der Waals surface area contributed by atoms with Gasteiger partial charge >= 0.3 is 0 Å². The molecule has 0 aliphatic heterocycles. The predicted molar refractivity (Wildman–Crippen MR) is 108 cm³/mol. The Balaban J connectivity index is 1.60. The molecule has 28 heavy (non-hydrogen) atoms. The molecular formula is C22H23N3O3. The van der Waals surface area contributed by atoms with Crippen molar-refractivity contribution < 1.29 is 14.4 Å². The Labute approximate surface area is 164 Å². The van der Waals surface area contributed by atoms with Gasteiger partial charge in [0.2, 0.25) is 0 Å². The molecule has 0 spiro atoms. The Bertz CT molecular complexity index is 916. The molecule has 3 rings (SSSR count). The van der Waals surface area contributed by atoms with Gasteiger partial charge < -0.3 is 5.32 Å². The van der Waals surface area contributed by atoms with E-state index in [9.17, 15) is 14.4 Å². The maximum absolute atomic E-state index is 12.3. The van der Waals surface area contributed by atoms with Crippen molar-refractivity contribution in [2.45, 2.75) is 33.1 Å². The van der Waals surface area contributed by atoms with Crippen molar-refractivity contribution in [1.29, 1.82) is 0 Å². The molecule has 144 valence electrons. The van der Waals surface area contributed by atoms with Gasteiger partial charge in [-0.25, -0.2) is 5.43 Å². The molecule has 2 N–H and O–H groups in total. The van der Waals surface area contributed by atoms with Crippen LogP contribution in [-0.2, 0) is 4.79 Å². The molecule has 2 amide bonds. The third kappa shape index (κ3) is 5.13. The van der Waals surface area contributed by atoms with Crippen LogP contribution in [0.3, 0.4) is 0 Å². The van der Waals surface area contributed by atoms with Crippen molar-refractivity contribution in [2.24, 2.45) is 10.5 Å². The summed E-state index contributed by atoms with van der Waals surface area (Å²) >= 11 is 0. The molecule has 1 aliphatic rings. The molecule has 2 aromatic carbocycles. The number of carbonyl (C=O) groups excluding carboxylic acids is 3. The lowest BCUT2D eigenvalue weighted by atomic mass is 9.76. The van der Waals surface area contributed by atoms with Gasteiger partial charge in [0.15, 0.2) is 0 Å². The van der Waals surface area contributed by atoms with Crippen LogP contribution in [0.1, 0.15) is 53.8 Å². The number of Topliss-reactive ketones (excluding diaryl/α,β-unsaturated/α-hetero) is 1. The number of anilines is 1. The number of rotatable bonds is 4. The van der Waals surface area contributed by atoms with Crippen molar-refractivity contribution >= 4 is 29.0 Å². The van der Waals surface area contributed by atoms with Gasteiger partial charge in [-0.2, -0.15) is 5.10 Å². The van der Waals surface area contributed by atoms with Crippen LogP contribution in [0.15, 0.2) is 59.7 Å². The van der Waals surface area contributed by atoms with E-state index in [4.69, 9.17) is 0 Å². The molecule has 6 heteroatoms. The summed E-state index contributed by atoms with van der Waals surface area (Å²) in [6.45, 7) is 4.04. The van der Waals surface area contributed by atoms with E-state index in [1.54, 1.807) is 48.5 Å². The van der Waals surface area contributed by atoms with E-state index in [0.29, 0.717) is 35.4 Å². The molecule has 1 aliphatic carbocycles. The van der Waals surface area contributed by atoms with Gasteiger partial charge in [0.05, 0.1) is 0 Å². The quantitative estimate of drug-likeness (QED) is 0.795. The topological polar surface area (TPSA) is 87.6 Å².